The van der Waals surface area contributed by atoms with Gasteiger partial charge in [-0.2, -0.15) is 0 Å². The van der Waals surface area contributed by atoms with Gasteiger partial charge in [0.2, 0.25) is 5.88 Å². The van der Waals surface area contributed by atoms with Crippen LogP contribution in [0.3, 0.4) is 0 Å². The van der Waals surface area contributed by atoms with Crippen LogP contribution in [0.25, 0.3) is 0 Å². The van der Waals surface area contributed by atoms with Crippen molar-refractivity contribution >= 4 is 23.8 Å². The first-order valence-electron chi connectivity index (χ1n) is 6.77. The summed E-state index contributed by atoms with van der Waals surface area (Å²) in [7, 11) is 2.35. The van der Waals surface area contributed by atoms with Crippen molar-refractivity contribution in [1.82, 2.24) is 9.97 Å². The number of ether oxygens (including phenoxy) is 2. The van der Waals surface area contributed by atoms with E-state index in [9.17, 15) is 24.3 Å². The van der Waals surface area contributed by atoms with Gasteiger partial charge in [-0.1, -0.05) is 0 Å². The Hall–Kier alpha value is -3.69. The predicted octanol–water partition coefficient (Wildman–Crippen LogP) is 0.0926. The Morgan fingerprint density at radius 3 is 2.08 bits per heavy atom. The maximum atomic E-state index is 11.7. The number of nitrogens with one attached hydrogen (secondary N) is 2. The molecule has 2 aromatic rings. The lowest BCUT2D eigenvalue weighted by molar-refractivity contribution is 0.0599. The predicted molar refractivity (Wildman–Crippen MR) is 85.7 cm³/mol. The van der Waals surface area contributed by atoms with E-state index in [1.165, 1.54) is 32.4 Å². The standard InChI is InChI=1S/C15H13N3O7/c1-24-13(21)7-3-8(14(22)25-2)5-9(4-7)16-6-10-11(19)17-15(23)18-12(10)20/h3-6H,1-2H3,(H3,17,18,19,20,23). The molecule has 0 bridgehead atoms. The average molecular weight is 347 g/mol. The van der Waals surface area contributed by atoms with Crippen LogP contribution in [0.2, 0.25) is 0 Å². The first-order chi connectivity index (χ1) is 11.8. The minimum Gasteiger partial charge on any atom is -0.494 e. The zero-order valence-electron chi connectivity index (χ0n) is 13.2. The fourth-order valence-electron chi connectivity index (χ4n) is 1.90. The summed E-state index contributed by atoms with van der Waals surface area (Å²) in [5.74, 6) is -2.08. The number of hydrogen-bond donors (Lipinski definition) is 3. The number of aliphatic imine (C=N–C) groups is 1. The Labute approximate surface area is 139 Å². The van der Waals surface area contributed by atoms with Gasteiger partial charge in [0.1, 0.15) is 5.56 Å². The van der Waals surface area contributed by atoms with E-state index in [4.69, 9.17) is 0 Å². The van der Waals surface area contributed by atoms with Gasteiger partial charge < -0.3 is 14.6 Å². The minimum atomic E-state index is -0.875. The average Bonchev–Trinajstić information content (AvgIpc) is 2.59. The molecular weight excluding hydrogens is 334 g/mol. The van der Waals surface area contributed by atoms with Gasteiger partial charge in [-0.15, -0.1) is 0 Å². The van der Waals surface area contributed by atoms with E-state index in [-0.39, 0.29) is 22.4 Å². The topological polar surface area (TPSA) is 151 Å². The SMILES string of the molecule is COC(=O)c1cc(N=Cc2c(O)[nH]c(=O)[nH]c2=O)cc(C(=O)OC)c1. The quantitative estimate of drug-likeness (QED) is 0.524. The van der Waals surface area contributed by atoms with Gasteiger partial charge in [0.05, 0.1) is 31.0 Å². The number of rotatable bonds is 4. The van der Waals surface area contributed by atoms with Crippen molar-refractivity contribution in [2.24, 2.45) is 4.99 Å². The number of esters is 2. The Balaban J connectivity index is 2.52. The summed E-state index contributed by atoms with van der Waals surface area (Å²) in [4.78, 5) is 53.9. The number of benzene rings is 1. The molecule has 0 aliphatic rings. The van der Waals surface area contributed by atoms with E-state index in [1.54, 1.807) is 0 Å². The second-order valence-corrected chi connectivity index (χ2v) is 4.68. The number of hydrogen-bond acceptors (Lipinski definition) is 8. The van der Waals surface area contributed by atoms with Gasteiger partial charge in [0, 0.05) is 6.21 Å². The summed E-state index contributed by atoms with van der Waals surface area (Å²) in [5.41, 5.74) is -1.84. The van der Waals surface area contributed by atoms with Crippen LogP contribution in [-0.4, -0.2) is 47.4 Å². The van der Waals surface area contributed by atoms with Gasteiger partial charge >= 0.3 is 17.6 Å². The maximum Gasteiger partial charge on any atom is 0.337 e. The third kappa shape index (κ3) is 3.99. The highest BCUT2D eigenvalue weighted by atomic mass is 16.5. The van der Waals surface area contributed by atoms with E-state index in [2.05, 4.69) is 14.5 Å². The minimum absolute atomic E-state index is 0.0390. The summed E-state index contributed by atoms with van der Waals surface area (Å²) in [6.07, 6.45) is 0.974. The Morgan fingerprint density at radius 2 is 1.60 bits per heavy atom. The van der Waals surface area contributed by atoms with Gasteiger partial charge in [-0.05, 0) is 18.2 Å². The highest BCUT2D eigenvalue weighted by molar-refractivity contribution is 5.97. The van der Waals surface area contributed by atoms with E-state index < -0.39 is 29.1 Å². The summed E-state index contributed by atoms with van der Waals surface area (Å²) >= 11 is 0. The summed E-state index contributed by atoms with van der Waals surface area (Å²) < 4.78 is 9.19. The molecule has 130 valence electrons. The molecule has 3 N–H and O–H groups in total. The second kappa shape index (κ2) is 7.25. The molecular formula is C15H13N3O7. The number of nitrogens with zero attached hydrogens (tertiary/aromatic N) is 1. The fraction of sp³-hybridized carbons (Fsp3) is 0.133. The van der Waals surface area contributed by atoms with E-state index in [0.29, 0.717) is 0 Å². The molecule has 0 unspecified atom stereocenters. The normalized spacial score (nSPS) is 10.6. The number of aromatic nitrogens is 2. The highest BCUT2D eigenvalue weighted by Gasteiger charge is 2.14. The van der Waals surface area contributed by atoms with E-state index >= 15 is 0 Å². The van der Waals surface area contributed by atoms with Crippen molar-refractivity contribution < 1.29 is 24.2 Å². The van der Waals surface area contributed by atoms with Crippen molar-refractivity contribution in [3.8, 4) is 5.88 Å². The molecule has 2 rings (SSSR count). The molecule has 0 aliphatic carbocycles. The summed E-state index contributed by atoms with van der Waals surface area (Å²) in [5, 5.41) is 9.60. The van der Waals surface area contributed by atoms with Crippen molar-refractivity contribution in [3.05, 3.63) is 55.7 Å². The summed E-state index contributed by atoms with van der Waals surface area (Å²) in [6, 6.07) is 3.89. The number of carbonyl (C=O) groups excluding carboxylic acids is 2. The smallest absolute Gasteiger partial charge is 0.337 e. The lowest BCUT2D eigenvalue weighted by atomic mass is 10.1. The van der Waals surface area contributed by atoms with Gasteiger partial charge in [-0.25, -0.2) is 14.4 Å². The van der Waals surface area contributed by atoms with Crippen LogP contribution in [0.4, 0.5) is 5.69 Å². The molecule has 1 aromatic heterocycles. The molecule has 0 saturated heterocycles. The van der Waals surface area contributed by atoms with Crippen molar-refractivity contribution in [1.29, 1.82) is 0 Å². The number of carbonyl (C=O) groups is 2. The zero-order valence-corrected chi connectivity index (χ0v) is 13.2. The Morgan fingerprint density at radius 1 is 1.04 bits per heavy atom. The van der Waals surface area contributed by atoms with Crippen LogP contribution < -0.4 is 11.2 Å². The molecule has 0 amide bonds. The van der Waals surface area contributed by atoms with Gasteiger partial charge in [0.25, 0.3) is 5.56 Å². The largest absolute Gasteiger partial charge is 0.494 e. The molecule has 0 saturated carbocycles. The molecule has 25 heavy (non-hydrogen) atoms. The summed E-state index contributed by atoms with van der Waals surface area (Å²) in [6.45, 7) is 0. The third-order valence-electron chi connectivity index (χ3n) is 3.06. The number of aromatic hydroxyl groups is 1. The maximum absolute atomic E-state index is 11.7. The lowest BCUT2D eigenvalue weighted by Gasteiger charge is -2.05. The number of H-pyrrole nitrogens is 2. The molecule has 10 nitrogen and oxygen atoms in total. The van der Waals surface area contributed by atoms with Crippen LogP contribution in [0.5, 0.6) is 5.88 Å². The van der Waals surface area contributed by atoms with Crippen molar-refractivity contribution in [2.75, 3.05) is 14.2 Å². The molecule has 0 atom stereocenters. The van der Waals surface area contributed by atoms with Crippen LogP contribution >= 0.6 is 0 Å². The molecule has 10 heteroatoms. The monoisotopic (exact) mass is 347 g/mol. The lowest BCUT2D eigenvalue weighted by Crippen LogP contribution is -2.24. The van der Waals surface area contributed by atoms with Crippen LogP contribution in [0.15, 0.2) is 32.8 Å². The molecule has 1 aromatic carbocycles. The number of methoxy groups -OCH3 is 2. The van der Waals surface area contributed by atoms with Crippen LogP contribution in [-0.2, 0) is 9.47 Å². The Bertz CT molecular complexity index is 938. The van der Waals surface area contributed by atoms with E-state index in [1.807, 2.05) is 9.97 Å². The van der Waals surface area contributed by atoms with Crippen molar-refractivity contribution in [2.45, 2.75) is 0 Å². The first-order valence-corrected chi connectivity index (χ1v) is 6.77. The van der Waals surface area contributed by atoms with E-state index in [0.717, 1.165) is 6.21 Å². The van der Waals surface area contributed by atoms with Crippen LogP contribution in [0, 0.1) is 0 Å². The van der Waals surface area contributed by atoms with Gasteiger partial charge in [-0.3, -0.25) is 19.8 Å². The highest BCUT2D eigenvalue weighted by Crippen LogP contribution is 2.20. The molecule has 0 fully saturated rings. The molecule has 0 spiro atoms. The number of aromatic amines is 2. The molecule has 0 aliphatic heterocycles. The molecule has 0 radical (unpaired) electrons. The second-order valence-electron chi connectivity index (χ2n) is 4.68. The first kappa shape index (κ1) is 17.7. The van der Waals surface area contributed by atoms with Crippen molar-refractivity contribution in [3.63, 3.8) is 0 Å². The fourth-order valence-corrected chi connectivity index (χ4v) is 1.90. The third-order valence-corrected chi connectivity index (χ3v) is 3.06. The van der Waals surface area contributed by atoms with Gasteiger partial charge in [0.15, 0.2) is 0 Å². The zero-order chi connectivity index (χ0) is 18.6. The Kier molecular flexibility index (Phi) is 5.12. The van der Waals surface area contributed by atoms with Crippen LogP contribution in [0.1, 0.15) is 26.3 Å². The molecule has 1 heterocycles.